The number of halogens is 2. The average Bonchev–Trinajstić information content (AvgIpc) is 3.23. The summed E-state index contributed by atoms with van der Waals surface area (Å²) in [5, 5.41) is 4.89. The van der Waals surface area contributed by atoms with Crippen molar-refractivity contribution in [2.75, 3.05) is 25.0 Å². The van der Waals surface area contributed by atoms with Gasteiger partial charge in [-0.05, 0) is 53.3 Å². The molecule has 0 radical (unpaired) electrons. The fourth-order valence-electron chi connectivity index (χ4n) is 4.18. The van der Waals surface area contributed by atoms with Crippen LogP contribution in [0.2, 0.25) is 5.02 Å². The normalized spacial score (nSPS) is 15.5. The SMILES string of the molecule is CN(Cc1csc(C(=O)N2CC(NC(=O)CCN)Cc3ccccc32)c1Cl)S(=O)(=O)c1ccc(Br)cc1. The molecule has 0 fully saturated rings. The van der Waals surface area contributed by atoms with Gasteiger partial charge in [0.15, 0.2) is 0 Å². The number of nitrogens with one attached hydrogen (secondary N) is 1. The van der Waals surface area contributed by atoms with Gasteiger partial charge in [0.1, 0.15) is 4.88 Å². The van der Waals surface area contributed by atoms with Gasteiger partial charge in [0.05, 0.1) is 16.0 Å². The van der Waals surface area contributed by atoms with Crippen LogP contribution in [0.4, 0.5) is 5.69 Å². The Kier molecular flexibility index (Phi) is 8.72. The molecule has 0 spiro atoms. The molecule has 0 bridgehead atoms. The largest absolute Gasteiger partial charge is 0.351 e. The van der Waals surface area contributed by atoms with Crippen LogP contribution in [0, 0.1) is 0 Å². The molecule has 196 valence electrons. The molecule has 0 saturated heterocycles. The van der Waals surface area contributed by atoms with Crippen LogP contribution in [-0.2, 0) is 27.8 Å². The van der Waals surface area contributed by atoms with Gasteiger partial charge < -0.3 is 16.0 Å². The Morgan fingerprint density at radius 1 is 1.22 bits per heavy atom. The number of nitrogens with two attached hydrogens (primary N) is 1. The molecule has 12 heteroatoms. The van der Waals surface area contributed by atoms with Crippen molar-refractivity contribution in [1.82, 2.24) is 9.62 Å². The number of fused-ring (bicyclic) bond motifs is 1. The second kappa shape index (κ2) is 11.6. The van der Waals surface area contributed by atoms with Gasteiger partial charge in [0.25, 0.3) is 5.91 Å². The van der Waals surface area contributed by atoms with Gasteiger partial charge in [0.2, 0.25) is 15.9 Å². The third-order valence-electron chi connectivity index (χ3n) is 6.04. The van der Waals surface area contributed by atoms with E-state index in [1.165, 1.54) is 34.8 Å². The number of nitrogens with zero attached hydrogens (tertiary/aromatic N) is 2. The quantitative estimate of drug-likeness (QED) is 0.393. The van der Waals surface area contributed by atoms with Crippen molar-refractivity contribution in [1.29, 1.82) is 0 Å². The Hall–Kier alpha value is -2.28. The second-order valence-electron chi connectivity index (χ2n) is 8.67. The summed E-state index contributed by atoms with van der Waals surface area (Å²) in [5.41, 5.74) is 7.74. The minimum Gasteiger partial charge on any atom is -0.351 e. The lowest BCUT2D eigenvalue weighted by molar-refractivity contribution is -0.121. The molecule has 0 saturated carbocycles. The number of sulfonamides is 1. The van der Waals surface area contributed by atoms with Gasteiger partial charge in [-0.1, -0.05) is 45.7 Å². The Labute approximate surface area is 233 Å². The fraction of sp³-hybridized carbons (Fsp3) is 0.280. The van der Waals surface area contributed by atoms with E-state index in [1.807, 2.05) is 24.3 Å². The minimum absolute atomic E-state index is 0.00929. The first kappa shape index (κ1) is 27.7. The van der Waals surface area contributed by atoms with Gasteiger partial charge in [-0.2, -0.15) is 4.31 Å². The predicted molar refractivity (Wildman–Crippen MR) is 150 cm³/mol. The van der Waals surface area contributed by atoms with Gasteiger partial charge in [0, 0.05) is 43.3 Å². The maximum absolute atomic E-state index is 13.7. The maximum Gasteiger partial charge on any atom is 0.269 e. The number of carbonyl (C=O) groups is 2. The number of anilines is 1. The number of para-hydroxylation sites is 1. The van der Waals surface area contributed by atoms with Crippen LogP contribution in [0.1, 0.15) is 27.2 Å². The van der Waals surface area contributed by atoms with Crippen LogP contribution in [0.15, 0.2) is 63.3 Å². The van der Waals surface area contributed by atoms with Crippen LogP contribution in [0.25, 0.3) is 0 Å². The second-order valence-corrected chi connectivity index (χ2v) is 12.9. The predicted octanol–water partition coefficient (Wildman–Crippen LogP) is 4.02. The van der Waals surface area contributed by atoms with Crippen molar-refractivity contribution in [2.45, 2.75) is 30.3 Å². The van der Waals surface area contributed by atoms with Crippen molar-refractivity contribution < 1.29 is 18.0 Å². The zero-order valence-corrected chi connectivity index (χ0v) is 24.0. The number of hydrogen-bond acceptors (Lipinski definition) is 6. The highest BCUT2D eigenvalue weighted by Gasteiger charge is 2.32. The summed E-state index contributed by atoms with van der Waals surface area (Å²) in [6.07, 6.45) is 0.807. The Morgan fingerprint density at radius 2 is 1.92 bits per heavy atom. The van der Waals surface area contributed by atoms with Gasteiger partial charge in [-0.15, -0.1) is 11.3 Å². The summed E-state index contributed by atoms with van der Waals surface area (Å²) in [4.78, 5) is 27.9. The lowest BCUT2D eigenvalue weighted by Crippen LogP contribution is -2.50. The van der Waals surface area contributed by atoms with Gasteiger partial charge in [-0.3, -0.25) is 9.59 Å². The van der Waals surface area contributed by atoms with Gasteiger partial charge in [-0.25, -0.2) is 8.42 Å². The molecule has 3 aromatic rings. The average molecular weight is 626 g/mol. The number of thiophene rings is 1. The fourth-order valence-corrected chi connectivity index (χ4v) is 6.88. The molecule has 1 aliphatic heterocycles. The molecule has 4 rings (SSSR count). The van der Waals surface area contributed by atoms with E-state index in [2.05, 4.69) is 21.2 Å². The van der Waals surface area contributed by atoms with E-state index < -0.39 is 10.0 Å². The zero-order valence-electron chi connectivity index (χ0n) is 20.0. The molecule has 2 amide bonds. The summed E-state index contributed by atoms with van der Waals surface area (Å²) in [6.45, 7) is 0.542. The first-order valence-corrected chi connectivity index (χ1v) is 15.0. The van der Waals surface area contributed by atoms with Crippen molar-refractivity contribution >= 4 is 66.4 Å². The lowest BCUT2D eigenvalue weighted by Gasteiger charge is -2.35. The number of benzene rings is 2. The molecular weight excluding hydrogens is 600 g/mol. The summed E-state index contributed by atoms with van der Waals surface area (Å²) in [7, 11) is -2.28. The summed E-state index contributed by atoms with van der Waals surface area (Å²) in [6, 6.07) is 13.7. The first-order chi connectivity index (χ1) is 17.6. The monoisotopic (exact) mass is 624 g/mol. The molecular formula is C25H26BrClN4O4S2. The topological polar surface area (TPSA) is 113 Å². The summed E-state index contributed by atoms with van der Waals surface area (Å²) < 4.78 is 28.0. The van der Waals surface area contributed by atoms with E-state index in [9.17, 15) is 18.0 Å². The van der Waals surface area contributed by atoms with E-state index in [1.54, 1.807) is 22.4 Å². The zero-order chi connectivity index (χ0) is 26.7. The summed E-state index contributed by atoms with van der Waals surface area (Å²) in [5.74, 6) is -0.462. The highest BCUT2D eigenvalue weighted by Crippen LogP contribution is 2.35. The number of hydrogen-bond donors (Lipinski definition) is 2. The minimum atomic E-state index is -3.75. The third kappa shape index (κ3) is 6.08. The van der Waals surface area contributed by atoms with Crippen LogP contribution in [0.3, 0.4) is 0 Å². The van der Waals surface area contributed by atoms with E-state index in [-0.39, 0.29) is 53.8 Å². The van der Waals surface area contributed by atoms with Crippen molar-refractivity contribution in [2.24, 2.45) is 5.73 Å². The Morgan fingerprint density at radius 3 is 2.62 bits per heavy atom. The Balaban J connectivity index is 1.56. The van der Waals surface area contributed by atoms with Crippen LogP contribution >= 0.6 is 38.9 Å². The number of amides is 2. The van der Waals surface area contributed by atoms with E-state index in [0.717, 1.165) is 15.7 Å². The maximum atomic E-state index is 13.7. The summed E-state index contributed by atoms with van der Waals surface area (Å²) >= 11 is 11.1. The van der Waals surface area contributed by atoms with Crippen molar-refractivity contribution in [3.8, 4) is 0 Å². The molecule has 37 heavy (non-hydrogen) atoms. The van der Waals surface area contributed by atoms with Gasteiger partial charge >= 0.3 is 0 Å². The molecule has 3 N–H and O–H groups in total. The number of carbonyl (C=O) groups excluding carboxylic acids is 2. The molecule has 8 nitrogen and oxygen atoms in total. The van der Waals surface area contributed by atoms with E-state index in [0.29, 0.717) is 16.9 Å². The number of rotatable bonds is 8. The smallest absolute Gasteiger partial charge is 0.269 e. The molecule has 0 aliphatic carbocycles. The standard InChI is InChI=1S/C25H26BrClN4O4S2/c1-30(37(34,35)20-8-6-18(26)7-9-20)13-17-15-36-24(23(17)27)25(33)31-14-19(29-22(32)10-11-28)12-16-4-2-3-5-21(16)31/h2-9,15,19H,10-14,28H2,1H3,(H,29,32). The molecule has 2 aromatic carbocycles. The molecule has 2 heterocycles. The van der Waals surface area contributed by atoms with Crippen molar-refractivity contribution in [3.63, 3.8) is 0 Å². The molecule has 1 aromatic heterocycles. The Bertz CT molecular complexity index is 1410. The first-order valence-electron chi connectivity index (χ1n) is 11.5. The highest BCUT2D eigenvalue weighted by molar-refractivity contribution is 9.10. The van der Waals surface area contributed by atoms with E-state index in [4.69, 9.17) is 17.3 Å². The lowest BCUT2D eigenvalue weighted by atomic mass is 9.97. The molecule has 1 atom stereocenters. The van der Waals surface area contributed by atoms with Crippen molar-refractivity contribution in [3.05, 3.63) is 79.4 Å². The van der Waals surface area contributed by atoms with Crippen LogP contribution in [-0.4, -0.2) is 50.7 Å². The molecule has 1 aliphatic rings. The third-order valence-corrected chi connectivity index (χ3v) is 9.95. The van der Waals surface area contributed by atoms with E-state index >= 15 is 0 Å². The molecule has 1 unspecified atom stereocenters. The van der Waals surface area contributed by atoms with Crippen LogP contribution in [0.5, 0.6) is 0 Å². The van der Waals surface area contributed by atoms with Crippen LogP contribution < -0.4 is 16.0 Å². The highest BCUT2D eigenvalue weighted by atomic mass is 79.9.